The van der Waals surface area contributed by atoms with Crippen molar-refractivity contribution in [1.82, 2.24) is 5.32 Å². The molecule has 0 aromatic rings. The molecule has 0 saturated carbocycles. The third-order valence-corrected chi connectivity index (χ3v) is 4.35. The second-order valence-electron chi connectivity index (χ2n) is 4.23. The van der Waals surface area contributed by atoms with Gasteiger partial charge in [0.25, 0.3) is 0 Å². The SMILES string of the molecule is CCCCCCCSC1CCNCC1. The highest BCUT2D eigenvalue weighted by molar-refractivity contribution is 7.99. The van der Waals surface area contributed by atoms with Gasteiger partial charge in [-0.1, -0.05) is 32.6 Å². The van der Waals surface area contributed by atoms with Gasteiger partial charge in [0.2, 0.25) is 0 Å². The Labute approximate surface area is 93.4 Å². The van der Waals surface area contributed by atoms with Crippen LogP contribution in [-0.2, 0) is 0 Å². The minimum absolute atomic E-state index is 0.961. The second kappa shape index (κ2) is 8.60. The van der Waals surface area contributed by atoms with Crippen LogP contribution in [0.4, 0.5) is 0 Å². The third kappa shape index (κ3) is 5.92. The van der Waals surface area contributed by atoms with Crippen LogP contribution in [-0.4, -0.2) is 24.1 Å². The minimum atomic E-state index is 0.961. The van der Waals surface area contributed by atoms with E-state index in [1.807, 2.05) is 0 Å². The molecule has 1 nitrogen and oxygen atoms in total. The molecule has 0 radical (unpaired) electrons. The molecule has 1 fully saturated rings. The van der Waals surface area contributed by atoms with Crippen LogP contribution in [0.5, 0.6) is 0 Å². The van der Waals surface area contributed by atoms with Gasteiger partial charge in [0.05, 0.1) is 0 Å². The molecule has 1 heterocycles. The Morgan fingerprint density at radius 2 is 1.79 bits per heavy atom. The van der Waals surface area contributed by atoms with Gasteiger partial charge in [-0.15, -0.1) is 0 Å². The van der Waals surface area contributed by atoms with Crippen molar-refractivity contribution in [2.75, 3.05) is 18.8 Å². The van der Waals surface area contributed by atoms with Gasteiger partial charge in [0, 0.05) is 5.25 Å². The minimum Gasteiger partial charge on any atom is -0.317 e. The van der Waals surface area contributed by atoms with Crippen molar-refractivity contribution in [3.8, 4) is 0 Å². The highest BCUT2D eigenvalue weighted by atomic mass is 32.2. The molecule has 0 aromatic heterocycles. The molecule has 0 atom stereocenters. The second-order valence-corrected chi connectivity index (χ2v) is 5.64. The monoisotopic (exact) mass is 215 g/mol. The number of piperidine rings is 1. The molecule has 84 valence electrons. The van der Waals surface area contributed by atoms with E-state index < -0.39 is 0 Å². The van der Waals surface area contributed by atoms with Gasteiger partial charge in [-0.2, -0.15) is 11.8 Å². The van der Waals surface area contributed by atoms with Gasteiger partial charge in [0.15, 0.2) is 0 Å². The summed E-state index contributed by atoms with van der Waals surface area (Å²) in [6.45, 7) is 4.77. The van der Waals surface area contributed by atoms with Crippen molar-refractivity contribution in [1.29, 1.82) is 0 Å². The number of rotatable bonds is 7. The summed E-state index contributed by atoms with van der Waals surface area (Å²) in [6.07, 6.45) is 9.91. The van der Waals surface area contributed by atoms with Crippen LogP contribution < -0.4 is 5.32 Å². The molecular weight excluding hydrogens is 190 g/mol. The lowest BCUT2D eigenvalue weighted by atomic mass is 10.2. The topological polar surface area (TPSA) is 12.0 Å². The van der Waals surface area contributed by atoms with Crippen molar-refractivity contribution in [3.05, 3.63) is 0 Å². The van der Waals surface area contributed by atoms with E-state index in [9.17, 15) is 0 Å². The van der Waals surface area contributed by atoms with Crippen LogP contribution >= 0.6 is 11.8 Å². The van der Waals surface area contributed by atoms with Crippen molar-refractivity contribution < 1.29 is 0 Å². The molecule has 1 aliphatic heterocycles. The van der Waals surface area contributed by atoms with Crippen LogP contribution in [0.2, 0.25) is 0 Å². The van der Waals surface area contributed by atoms with E-state index in [0.717, 1.165) is 5.25 Å². The fourth-order valence-corrected chi connectivity index (χ4v) is 3.19. The largest absolute Gasteiger partial charge is 0.317 e. The van der Waals surface area contributed by atoms with Crippen molar-refractivity contribution in [2.24, 2.45) is 0 Å². The molecule has 1 aliphatic rings. The van der Waals surface area contributed by atoms with E-state index >= 15 is 0 Å². The zero-order valence-corrected chi connectivity index (χ0v) is 10.4. The molecule has 0 spiro atoms. The van der Waals surface area contributed by atoms with Crippen LogP contribution in [0.25, 0.3) is 0 Å². The van der Waals surface area contributed by atoms with Crippen molar-refractivity contribution in [3.63, 3.8) is 0 Å². The molecule has 0 amide bonds. The van der Waals surface area contributed by atoms with Gasteiger partial charge in [-0.05, 0) is 38.1 Å². The Kier molecular flexibility index (Phi) is 7.61. The maximum absolute atomic E-state index is 3.42. The van der Waals surface area contributed by atoms with E-state index in [0.29, 0.717) is 0 Å². The molecule has 1 saturated heterocycles. The Balaban J connectivity index is 1.82. The van der Waals surface area contributed by atoms with E-state index in [2.05, 4.69) is 24.0 Å². The molecule has 0 bridgehead atoms. The average Bonchev–Trinajstić information content (AvgIpc) is 2.25. The Morgan fingerprint density at radius 3 is 2.50 bits per heavy atom. The lowest BCUT2D eigenvalue weighted by Gasteiger charge is -2.21. The van der Waals surface area contributed by atoms with Crippen molar-refractivity contribution in [2.45, 2.75) is 57.1 Å². The van der Waals surface area contributed by atoms with Crippen LogP contribution in [0.1, 0.15) is 51.9 Å². The molecule has 0 unspecified atom stereocenters. The summed E-state index contributed by atoms with van der Waals surface area (Å²) in [5.74, 6) is 1.40. The zero-order chi connectivity index (χ0) is 10.1. The Morgan fingerprint density at radius 1 is 1.07 bits per heavy atom. The number of hydrogen-bond donors (Lipinski definition) is 1. The predicted octanol–water partition coefficient (Wildman–Crippen LogP) is 3.44. The summed E-state index contributed by atoms with van der Waals surface area (Å²) in [6, 6.07) is 0. The van der Waals surface area contributed by atoms with Gasteiger partial charge in [-0.3, -0.25) is 0 Å². The highest BCUT2D eigenvalue weighted by Gasteiger charge is 2.12. The maximum Gasteiger partial charge on any atom is 0.00711 e. The van der Waals surface area contributed by atoms with Gasteiger partial charge < -0.3 is 5.32 Å². The number of nitrogens with one attached hydrogen (secondary N) is 1. The van der Waals surface area contributed by atoms with E-state index in [1.165, 1.54) is 63.8 Å². The first-order chi connectivity index (χ1) is 6.93. The summed E-state index contributed by atoms with van der Waals surface area (Å²) in [5, 5.41) is 4.38. The van der Waals surface area contributed by atoms with Gasteiger partial charge in [0.1, 0.15) is 0 Å². The lowest BCUT2D eigenvalue weighted by Crippen LogP contribution is -2.29. The molecule has 14 heavy (non-hydrogen) atoms. The number of hydrogen-bond acceptors (Lipinski definition) is 2. The van der Waals surface area contributed by atoms with Gasteiger partial charge in [-0.25, -0.2) is 0 Å². The maximum atomic E-state index is 3.42. The lowest BCUT2D eigenvalue weighted by molar-refractivity contribution is 0.531. The first-order valence-corrected chi connectivity index (χ1v) is 7.30. The zero-order valence-electron chi connectivity index (χ0n) is 9.56. The van der Waals surface area contributed by atoms with Crippen LogP contribution in [0, 0.1) is 0 Å². The first kappa shape index (κ1) is 12.4. The number of unbranched alkanes of at least 4 members (excludes halogenated alkanes) is 4. The molecule has 1 N–H and O–H groups in total. The van der Waals surface area contributed by atoms with E-state index in [1.54, 1.807) is 0 Å². The van der Waals surface area contributed by atoms with E-state index in [-0.39, 0.29) is 0 Å². The smallest absolute Gasteiger partial charge is 0.00711 e. The first-order valence-electron chi connectivity index (χ1n) is 6.26. The normalized spacial score (nSPS) is 18.6. The highest BCUT2D eigenvalue weighted by Crippen LogP contribution is 2.21. The molecule has 2 heteroatoms. The Hall–Kier alpha value is 0.310. The summed E-state index contributed by atoms with van der Waals surface area (Å²) in [5.41, 5.74) is 0. The summed E-state index contributed by atoms with van der Waals surface area (Å²) < 4.78 is 0. The standard InChI is InChI=1S/C12H25NS/c1-2-3-4-5-6-11-14-12-7-9-13-10-8-12/h12-13H,2-11H2,1H3. The number of thioether (sulfide) groups is 1. The van der Waals surface area contributed by atoms with Crippen LogP contribution in [0.3, 0.4) is 0 Å². The van der Waals surface area contributed by atoms with Gasteiger partial charge >= 0.3 is 0 Å². The molecule has 0 aliphatic carbocycles. The molecule has 0 aromatic carbocycles. The van der Waals surface area contributed by atoms with Crippen LogP contribution in [0.15, 0.2) is 0 Å². The fourth-order valence-electron chi connectivity index (χ4n) is 1.92. The molecular formula is C12H25NS. The summed E-state index contributed by atoms with van der Waals surface area (Å²) in [7, 11) is 0. The Bertz CT molecular complexity index is 121. The third-order valence-electron chi connectivity index (χ3n) is 2.89. The summed E-state index contributed by atoms with van der Waals surface area (Å²) in [4.78, 5) is 0. The van der Waals surface area contributed by atoms with Crippen molar-refractivity contribution >= 4 is 11.8 Å². The van der Waals surface area contributed by atoms with E-state index in [4.69, 9.17) is 0 Å². The predicted molar refractivity (Wildman–Crippen MR) is 67.1 cm³/mol. The average molecular weight is 215 g/mol. The molecule has 1 rings (SSSR count). The quantitative estimate of drug-likeness (QED) is 0.653. The fraction of sp³-hybridized carbons (Fsp3) is 1.00. The summed E-state index contributed by atoms with van der Waals surface area (Å²) >= 11 is 2.22.